The van der Waals surface area contributed by atoms with E-state index in [1.165, 1.54) is 0 Å². The Morgan fingerprint density at radius 1 is 0.481 bits per heavy atom. The molecule has 3 aliphatic heterocycles. The highest BCUT2D eigenvalue weighted by Gasteiger charge is 2.64. The van der Waals surface area contributed by atoms with Gasteiger partial charge in [0.25, 0.3) is 0 Å². The van der Waals surface area contributed by atoms with Gasteiger partial charge in [-0.25, -0.2) is 0 Å². The topological polar surface area (TPSA) is 69.5 Å². The normalized spacial score (nSPS) is 30.2. The molecule has 3 saturated heterocycles. The van der Waals surface area contributed by atoms with E-state index in [4.69, 9.17) is 13.5 Å². The van der Waals surface area contributed by atoms with E-state index < -0.39 is 37.2 Å². The molecule has 0 aromatic rings. The first kappa shape index (κ1) is 50.6. The number of nitrogens with zero attached hydrogens (tertiary/aromatic N) is 13. The summed E-state index contributed by atoms with van der Waals surface area (Å²) in [5.41, 5.74) is 0. The van der Waals surface area contributed by atoms with Crippen molar-refractivity contribution in [2.24, 2.45) is 13.5 Å². The predicted molar refractivity (Wildman–Crippen MR) is 233 cm³/mol. The summed E-state index contributed by atoms with van der Waals surface area (Å²) in [4.78, 5) is 17.3. The largest absolute Gasteiger partial charge is 0.673 e. The molecule has 22 heteroatoms. The van der Waals surface area contributed by atoms with Crippen molar-refractivity contribution in [2.45, 2.75) is 54.4 Å². The highest BCUT2D eigenvalue weighted by Crippen LogP contribution is 2.82. The lowest BCUT2D eigenvalue weighted by Crippen LogP contribution is -2.64. The van der Waals surface area contributed by atoms with Crippen LogP contribution in [-0.2, 0) is 0 Å². The van der Waals surface area contributed by atoms with Crippen LogP contribution in [0.3, 0.4) is 0 Å². The molecular weight excluding hydrogens is 777 g/mol. The lowest BCUT2D eigenvalue weighted by Gasteiger charge is -2.54. The van der Waals surface area contributed by atoms with Crippen LogP contribution in [0.15, 0.2) is 13.5 Å². The average molecular weight is 856 g/mol. The Hall–Kier alpha value is 0.505. The Bertz CT molecular complexity index is 1330. The van der Waals surface area contributed by atoms with Gasteiger partial charge in [0, 0.05) is 24.5 Å². The quantitative estimate of drug-likeness (QED) is 0.0885. The molecule has 0 amide bonds. The molecule has 3 heterocycles. The summed E-state index contributed by atoms with van der Waals surface area (Å²) >= 11 is 0. The van der Waals surface area contributed by atoms with Crippen LogP contribution >= 0.6 is 30.0 Å². The number of rotatable bonds is 13. The molecule has 3 fully saturated rings. The molecular formula is C32H78BF4N13P4. The Balaban J connectivity index is 0.00000188. The average Bonchev–Trinajstić information content (AvgIpc) is 3.69. The van der Waals surface area contributed by atoms with Crippen LogP contribution in [0.2, 0.25) is 0 Å². The van der Waals surface area contributed by atoms with Gasteiger partial charge in [0.15, 0.2) is 0 Å². The molecule has 0 aromatic carbocycles. The fourth-order valence-corrected chi connectivity index (χ4v) is 32.6. The minimum absolute atomic E-state index is 0.178. The van der Waals surface area contributed by atoms with Crippen molar-refractivity contribution in [3.8, 4) is 0 Å². The minimum Gasteiger partial charge on any atom is -0.418 e. The maximum atomic E-state index is 9.75. The third-order valence-electron chi connectivity index (χ3n) is 12.4. The van der Waals surface area contributed by atoms with Crippen LogP contribution in [0.4, 0.5) is 17.3 Å². The molecule has 322 valence electrons. The van der Waals surface area contributed by atoms with E-state index in [-0.39, 0.29) is 16.2 Å². The summed E-state index contributed by atoms with van der Waals surface area (Å²) in [5, 5.41) is -0.647. The summed E-state index contributed by atoms with van der Waals surface area (Å²) < 4.78 is 65.7. The van der Waals surface area contributed by atoms with Gasteiger partial charge in [0.1, 0.15) is 37.8 Å². The van der Waals surface area contributed by atoms with Crippen molar-refractivity contribution >= 4 is 37.2 Å². The zero-order valence-electron chi connectivity index (χ0n) is 37.5. The van der Waals surface area contributed by atoms with Crippen LogP contribution in [0.25, 0.3) is 0 Å². The van der Waals surface area contributed by atoms with E-state index in [0.29, 0.717) is 6.04 Å². The first-order chi connectivity index (χ1) is 24.5. The second-order valence-electron chi connectivity index (χ2n) is 17.1. The van der Waals surface area contributed by atoms with Crippen molar-refractivity contribution in [3.05, 3.63) is 0 Å². The summed E-state index contributed by atoms with van der Waals surface area (Å²) in [6.45, 7) is 0. The van der Waals surface area contributed by atoms with Gasteiger partial charge < -0.3 is 22.2 Å². The molecule has 4 unspecified atom stereocenters. The fraction of sp³-hybridized carbons (Fsp3) is 1.00. The Morgan fingerprint density at radius 3 is 1.02 bits per heavy atom. The first-order valence-electron chi connectivity index (χ1n) is 18.8. The Morgan fingerprint density at radius 2 is 0.778 bits per heavy atom. The molecule has 13 nitrogen and oxygen atoms in total. The third-order valence-corrected chi connectivity index (χ3v) is 31.7. The number of halogens is 4. The summed E-state index contributed by atoms with van der Waals surface area (Å²) in [7, 11) is 30.8. The summed E-state index contributed by atoms with van der Waals surface area (Å²) in [6.07, 6.45) is 8.84. The number of hydrogen-bond acceptors (Lipinski definition) is 10. The highest BCUT2D eigenvalue weighted by atomic mass is 31.2. The van der Waals surface area contributed by atoms with Gasteiger partial charge in [-0.15, -0.1) is 0 Å². The van der Waals surface area contributed by atoms with Crippen molar-refractivity contribution in [2.75, 3.05) is 159 Å². The van der Waals surface area contributed by atoms with Crippen molar-refractivity contribution in [3.63, 3.8) is 0 Å². The molecule has 0 aliphatic carbocycles. The molecule has 0 N–H and O–H groups in total. The number of likely N-dealkylation sites (N-methyl/N-ethyl adjacent to an activating group) is 3. The highest BCUT2D eigenvalue weighted by molar-refractivity contribution is 7.80. The molecule has 3 rings (SSSR count). The van der Waals surface area contributed by atoms with Gasteiger partial charge in [0.2, 0.25) is 0 Å². The monoisotopic (exact) mass is 856 g/mol. The van der Waals surface area contributed by atoms with Gasteiger partial charge in [-0.1, -0.05) is 13.5 Å². The van der Waals surface area contributed by atoms with Gasteiger partial charge >= 0.3 is 15.6 Å². The summed E-state index contributed by atoms with van der Waals surface area (Å²) in [6, 6.07) is 0.318. The van der Waals surface area contributed by atoms with Crippen LogP contribution in [0.1, 0.15) is 32.1 Å². The fourth-order valence-electron chi connectivity index (χ4n) is 10.6. The maximum Gasteiger partial charge on any atom is 0.673 e. The standard InChI is InChI=1S/C32H77N13P4.BF4/c1-36(2)29-23-28-49(45(19)20,32(29,41(11)12)42(13)14)35-46(33-47(43(15)16)26-21-24-30(47,37(3)4)38(5)6)34-48(44(17)18)27-22-25-31(48,39(7)8)40(9)10;2-1(3,4)5/h29H,21-28H2,1-20H3;/q;-1/p+1. The molecule has 54 heavy (non-hydrogen) atoms. The van der Waals surface area contributed by atoms with Gasteiger partial charge in [0.05, 0.1) is 0 Å². The van der Waals surface area contributed by atoms with Gasteiger partial charge in [-0.2, -0.15) is 0 Å². The lowest BCUT2D eigenvalue weighted by molar-refractivity contribution is 0.0147. The second-order valence-corrected chi connectivity index (χ2v) is 30.3. The smallest absolute Gasteiger partial charge is 0.418 e. The maximum absolute atomic E-state index is 9.75. The predicted octanol–water partition coefficient (Wildman–Crippen LogP) is 6.53. The van der Waals surface area contributed by atoms with Crippen LogP contribution in [0.5, 0.6) is 0 Å². The Labute approximate surface area is 329 Å². The van der Waals surface area contributed by atoms with Crippen LogP contribution in [0, 0.1) is 0 Å². The van der Waals surface area contributed by atoms with E-state index in [1.54, 1.807) is 0 Å². The van der Waals surface area contributed by atoms with E-state index in [2.05, 4.69) is 189 Å². The SMILES string of the molecule is CN(C)C1CCP(=N[PH+](N=P2(N(C)C)CCCC2(N(C)C)N(C)C)N=P2(N(C)C)CCCC2(N(C)C)N(C)C)(N(C)C)C1(N(C)C)N(C)C.F[B-](F)(F)F. The lowest BCUT2D eigenvalue weighted by atomic mass is 10.1. The molecule has 0 aromatic heterocycles. The zero-order valence-corrected chi connectivity index (χ0v) is 41.2. The summed E-state index contributed by atoms with van der Waals surface area (Å²) in [5.74, 6) is 0. The van der Waals surface area contributed by atoms with E-state index in [1.807, 2.05) is 0 Å². The van der Waals surface area contributed by atoms with Gasteiger partial charge in [-0.05, 0) is 173 Å². The van der Waals surface area contributed by atoms with Crippen molar-refractivity contribution in [1.82, 2.24) is 48.3 Å². The van der Waals surface area contributed by atoms with Crippen LogP contribution in [-0.4, -0.2) is 237 Å². The third kappa shape index (κ3) is 8.43. The van der Waals surface area contributed by atoms with E-state index in [9.17, 15) is 17.3 Å². The van der Waals surface area contributed by atoms with E-state index in [0.717, 1.165) is 50.6 Å². The minimum atomic E-state index is -6.00. The molecule has 0 saturated carbocycles. The van der Waals surface area contributed by atoms with Crippen molar-refractivity contribution < 1.29 is 17.3 Å². The number of hydrogen-bond donors (Lipinski definition) is 0. The molecule has 3 aliphatic rings. The molecule has 0 bridgehead atoms. The first-order valence-corrected chi connectivity index (χ1v) is 25.8. The van der Waals surface area contributed by atoms with Crippen LogP contribution < -0.4 is 0 Å². The van der Waals surface area contributed by atoms with Crippen molar-refractivity contribution in [1.29, 1.82) is 0 Å². The second kappa shape index (κ2) is 18.4. The Kier molecular flexibility index (Phi) is 17.3. The zero-order chi connectivity index (χ0) is 42.2. The molecule has 0 spiro atoms. The molecule has 4 atom stereocenters. The molecule has 0 radical (unpaired) electrons. The van der Waals surface area contributed by atoms with E-state index >= 15 is 0 Å². The van der Waals surface area contributed by atoms with Gasteiger partial charge in [-0.3, -0.25) is 43.4 Å².